The molecule has 5 heteroatoms. The summed E-state index contributed by atoms with van der Waals surface area (Å²) >= 11 is 3.52. The highest BCUT2D eigenvalue weighted by Crippen LogP contribution is 2.24. The lowest BCUT2D eigenvalue weighted by Gasteiger charge is -2.29. The van der Waals surface area contributed by atoms with Crippen molar-refractivity contribution in [3.63, 3.8) is 0 Å². The van der Waals surface area contributed by atoms with Crippen molar-refractivity contribution in [3.05, 3.63) is 33.9 Å². The van der Waals surface area contributed by atoms with Crippen LogP contribution in [-0.4, -0.2) is 37.8 Å². The molecule has 0 saturated heterocycles. The second kappa shape index (κ2) is 7.92. The van der Waals surface area contributed by atoms with Gasteiger partial charge >= 0.3 is 0 Å². The van der Waals surface area contributed by atoms with E-state index < -0.39 is 0 Å². The van der Waals surface area contributed by atoms with Crippen molar-refractivity contribution >= 4 is 21.7 Å². The fourth-order valence-electron chi connectivity index (χ4n) is 2.42. The third-order valence-electron chi connectivity index (χ3n) is 3.54. The first-order valence-corrected chi connectivity index (χ1v) is 8.19. The van der Waals surface area contributed by atoms with Crippen LogP contribution in [0.2, 0.25) is 0 Å². The number of hydrogen-bond donors (Lipinski definition) is 1. The first kappa shape index (κ1) is 16.5. The van der Waals surface area contributed by atoms with Crippen LogP contribution in [0.25, 0.3) is 0 Å². The molecule has 1 aliphatic rings. The Labute approximate surface area is 135 Å². The number of aromatic nitrogens is 1. The van der Waals surface area contributed by atoms with Gasteiger partial charge in [0.25, 0.3) is 0 Å². The number of pyridine rings is 1. The molecule has 2 rings (SSSR count). The van der Waals surface area contributed by atoms with Crippen LogP contribution in [0.1, 0.15) is 25.8 Å². The number of ether oxygens (including phenoxy) is 1. The number of nitrogens with zero attached hydrogens (tertiary/aromatic N) is 2. The summed E-state index contributed by atoms with van der Waals surface area (Å²) in [4.78, 5) is 6.97. The molecule has 1 N–H and O–H groups in total. The number of methoxy groups -OCH3 is 1. The Morgan fingerprint density at radius 3 is 2.90 bits per heavy atom. The van der Waals surface area contributed by atoms with E-state index in [1.807, 2.05) is 6.20 Å². The topological polar surface area (TPSA) is 37.4 Å². The van der Waals surface area contributed by atoms with Gasteiger partial charge in [-0.05, 0) is 34.0 Å². The molecule has 0 amide bonds. The monoisotopic (exact) mass is 353 g/mol. The smallest absolute Gasteiger partial charge is 0.133 e. The molecule has 4 nitrogen and oxygen atoms in total. The zero-order chi connectivity index (χ0) is 15.2. The summed E-state index contributed by atoms with van der Waals surface area (Å²) in [5.41, 5.74) is 2.62. The van der Waals surface area contributed by atoms with Gasteiger partial charge in [-0.25, -0.2) is 4.98 Å². The van der Waals surface area contributed by atoms with E-state index in [1.165, 1.54) is 11.1 Å². The average Bonchev–Trinajstić information content (AvgIpc) is 2.46. The standard InChI is InChI=1S/C16H24BrN3O/c1-12(2)18-9-14-8-15(17)10-19-16(14)20-6-4-13(5-7-20)11-21-3/h4,8,10,12,18H,5-7,9,11H2,1-3H3. The van der Waals surface area contributed by atoms with Crippen LogP contribution in [0, 0.1) is 0 Å². The molecule has 0 unspecified atom stereocenters. The fraction of sp³-hybridized carbons (Fsp3) is 0.562. The molecule has 0 fully saturated rings. The predicted octanol–water partition coefficient (Wildman–Crippen LogP) is 3.13. The van der Waals surface area contributed by atoms with Crippen LogP contribution >= 0.6 is 15.9 Å². The Balaban J connectivity index is 2.12. The fourth-order valence-corrected chi connectivity index (χ4v) is 2.80. The second-order valence-corrected chi connectivity index (χ2v) is 6.58. The van der Waals surface area contributed by atoms with E-state index >= 15 is 0 Å². The van der Waals surface area contributed by atoms with Crippen LogP contribution in [0.5, 0.6) is 0 Å². The molecule has 0 radical (unpaired) electrons. The van der Waals surface area contributed by atoms with Crippen LogP contribution in [0.4, 0.5) is 5.82 Å². The number of halogens is 1. The van der Waals surface area contributed by atoms with Crippen molar-refractivity contribution in [2.75, 3.05) is 31.7 Å². The summed E-state index contributed by atoms with van der Waals surface area (Å²) in [7, 11) is 1.75. The Morgan fingerprint density at radius 2 is 2.29 bits per heavy atom. The summed E-state index contributed by atoms with van der Waals surface area (Å²) in [6.07, 6.45) is 5.18. The first-order chi connectivity index (χ1) is 10.1. The Bertz CT molecular complexity index is 502. The normalized spacial score (nSPS) is 15.5. The molecule has 0 atom stereocenters. The lowest BCUT2D eigenvalue weighted by molar-refractivity contribution is 0.222. The van der Waals surface area contributed by atoms with Crippen molar-refractivity contribution in [3.8, 4) is 0 Å². The Hall–Kier alpha value is -0.910. The van der Waals surface area contributed by atoms with Gasteiger partial charge in [0.15, 0.2) is 0 Å². The largest absolute Gasteiger partial charge is 0.380 e. The van der Waals surface area contributed by atoms with E-state index in [0.717, 1.165) is 43.0 Å². The molecule has 1 aliphatic heterocycles. The Kier molecular flexibility index (Phi) is 6.21. The van der Waals surface area contributed by atoms with Gasteiger partial charge in [0.05, 0.1) is 6.61 Å². The molecule has 116 valence electrons. The molecule has 0 aromatic carbocycles. The number of anilines is 1. The molecule has 1 aromatic rings. The maximum Gasteiger partial charge on any atom is 0.133 e. The quantitative estimate of drug-likeness (QED) is 0.797. The lowest BCUT2D eigenvalue weighted by atomic mass is 10.1. The zero-order valence-corrected chi connectivity index (χ0v) is 14.6. The van der Waals surface area contributed by atoms with Crippen molar-refractivity contribution in [2.24, 2.45) is 0 Å². The van der Waals surface area contributed by atoms with Gasteiger partial charge < -0.3 is 15.0 Å². The van der Waals surface area contributed by atoms with E-state index in [-0.39, 0.29) is 0 Å². The summed E-state index contributed by atoms with van der Waals surface area (Å²) in [6.45, 7) is 7.80. The Morgan fingerprint density at radius 1 is 1.48 bits per heavy atom. The second-order valence-electron chi connectivity index (χ2n) is 5.66. The molecule has 2 heterocycles. The predicted molar refractivity (Wildman–Crippen MR) is 90.7 cm³/mol. The van der Waals surface area contributed by atoms with E-state index in [1.54, 1.807) is 7.11 Å². The van der Waals surface area contributed by atoms with E-state index in [2.05, 4.69) is 57.1 Å². The number of rotatable bonds is 6. The van der Waals surface area contributed by atoms with Crippen molar-refractivity contribution < 1.29 is 4.74 Å². The van der Waals surface area contributed by atoms with Crippen LogP contribution in [0.15, 0.2) is 28.4 Å². The van der Waals surface area contributed by atoms with Gasteiger partial charge in [-0.3, -0.25) is 0 Å². The molecule has 0 saturated carbocycles. The van der Waals surface area contributed by atoms with Gasteiger partial charge in [0.1, 0.15) is 5.82 Å². The number of hydrogen-bond acceptors (Lipinski definition) is 4. The maximum atomic E-state index is 5.21. The average molecular weight is 354 g/mol. The van der Waals surface area contributed by atoms with Gasteiger partial charge in [0.2, 0.25) is 0 Å². The summed E-state index contributed by atoms with van der Waals surface area (Å²) in [6, 6.07) is 2.62. The molecule has 0 bridgehead atoms. The third kappa shape index (κ3) is 4.80. The molecule has 0 spiro atoms. The van der Waals surface area contributed by atoms with Gasteiger partial charge in [-0.2, -0.15) is 0 Å². The molecular formula is C16H24BrN3O. The van der Waals surface area contributed by atoms with E-state index in [9.17, 15) is 0 Å². The highest BCUT2D eigenvalue weighted by molar-refractivity contribution is 9.10. The minimum absolute atomic E-state index is 0.464. The first-order valence-electron chi connectivity index (χ1n) is 7.39. The van der Waals surface area contributed by atoms with Crippen molar-refractivity contribution in [1.82, 2.24) is 10.3 Å². The highest BCUT2D eigenvalue weighted by Gasteiger charge is 2.16. The van der Waals surface area contributed by atoms with Crippen LogP contribution in [-0.2, 0) is 11.3 Å². The van der Waals surface area contributed by atoms with Gasteiger partial charge in [-0.1, -0.05) is 19.9 Å². The summed E-state index contributed by atoms with van der Waals surface area (Å²) in [5.74, 6) is 1.08. The highest BCUT2D eigenvalue weighted by atomic mass is 79.9. The van der Waals surface area contributed by atoms with E-state index in [4.69, 9.17) is 4.74 Å². The minimum atomic E-state index is 0.464. The van der Waals surface area contributed by atoms with Gasteiger partial charge in [-0.15, -0.1) is 0 Å². The van der Waals surface area contributed by atoms with Crippen LogP contribution < -0.4 is 10.2 Å². The third-order valence-corrected chi connectivity index (χ3v) is 3.98. The van der Waals surface area contributed by atoms with Gasteiger partial charge in [0, 0.05) is 49.0 Å². The van der Waals surface area contributed by atoms with Crippen LogP contribution in [0.3, 0.4) is 0 Å². The SMILES string of the molecule is COCC1=CCN(c2ncc(Br)cc2CNC(C)C)CC1. The molecule has 0 aliphatic carbocycles. The summed E-state index contributed by atoms with van der Waals surface area (Å²) in [5, 5.41) is 3.47. The lowest BCUT2D eigenvalue weighted by Crippen LogP contribution is -2.32. The molecule has 1 aromatic heterocycles. The van der Waals surface area contributed by atoms with Crippen molar-refractivity contribution in [2.45, 2.75) is 32.9 Å². The maximum absolute atomic E-state index is 5.21. The van der Waals surface area contributed by atoms with Crippen molar-refractivity contribution in [1.29, 1.82) is 0 Å². The molecule has 21 heavy (non-hydrogen) atoms. The molecular weight excluding hydrogens is 330 g/mol. The number of nitrogens with one attached hydrogen (secondary N) is 1. The van der Waals surface area contributed by atoms with E-state index in [0.29, 0.717) is 6.04 Å². The zero-order valence-electron chi connectivity index (χ0n) is 13.0. The minimum Gasteiger partial charge on any atom is -0.380 e. The summed E-state index contributed by atoms with van der Waals surface area (Å²) < 4.78 is 6.24.